The lowest BCUT2D eigenvalue weighted by Crippen LogP contribution is -2.32. The molecule has 1 aliphatic carbocycles. The van der Waals surface area contributed by atoms with E-state index in [1.165, 1.54) is 12.8 Å². The van der Waals surface area contributed by atoms with Crippen molar-refractivity contribution in [2.75, 3.05) is 24.6 Å². The zero-order chi connectivity index (χ0) is 11.5. The van der Waals surface area contributed by atoms with Gasteiger partial charge < -0.3 is 16.0 Å². The van der Waals surface area contributed by atoms with E-state index in [1.807, 2.05) is 7.05 Å². The summed E-state index contributed by atoms with van der Waals surface area (Å²) in [7, 11) is 1.82. The van der Waals surface area contributed by atoms with E-state index in [0.29, 0.717) is 11.6 Å². The van der Waals surface area contributed by atoms with Gasteiger partial charge >= 0.3 is 6.03 Å². The molecule has 0 aliphatic heterocycles. The number of hydrogen-bond acceptors (Lipinski definition) is 2. The summed E-state index contributed by atoms with van der Waals surface area (Å²) in [6.07, 6.45) is 2.50. The maximum atomic E-state index is 11.7. The van der Waals surface area contributed by atoms with Crippen molar-refractivity contribution in [2.24, 2.45) is 5.92 Å². The molecule has 1 aromatic rings. The molecule has 4 heteroatoms. The molecule has 1 aliphatic rings. The van der Waals surface area contributed by atoms with Crippen LogP contribution in [0.15, 0.2) is 24.3 Å². The summed E-state index contributed by atoms with van der Waals surface area (Å²) in [5.41, 5.74) is 7.05. The van der Waals surface area contributed by atoms with E-state index >= 15 is 0 Å². The van der Waals surface area contributed by atoms with Crippen LogP contribution in [0.3, 0.4) is 0 Å². The molecule has 0 aromatic heterocycles. The Kier molecular flexibility index (Phi) is 2.99. The van der Waals surface area contributed by atoms with Gasteiger partial charge in [0.1, 0.15) is 0 Å². The fraction of sp³-hybridized carbons (Fsp3) is 0.417. The molecule has 1 fully saturated rings. The summed E-state index contributed by atoms with van der Waals surface area (Å²) < 4.78 is 0. The van der Waals surface area contributed by atoms with Crippen LogP contribution in [0.4, 0.5) is 16.2 Å². The molecule has 0 atom stereocenters. The Bertz CT molecular complexity index is 370. The Labute approximate surface area is 95.4 Å². The van der Waals surface area contributed by atoms with Crippen molar-refractivity contribution in [3.63, 3.8) is 0 Å². The molecular weight excluding hydrogens is 202 g/mol. The minimum Gasteiger partial charge on any atom is -0.399 e. The third-order valence-corrected chi connectivity index (χ3v) is 2.74. The maximum Gasteiger partial charge on any atom is 0.321 e. The van der Waals surface area contributed by atoms with Crippen molar-refractivity contribution >= 4 is 17.4 Å². The third-order valence-electron chi connectivity index (χ3n) is 2.74. The summed E-state index contributed by atoms with van der Waals surface area (Å²) in [5, 5.41) is 2.83. The number of carbonyl (C=O) groups is 1. The lowest BCUT2D eigenvalue weighted by atomic mass is 10.3. The van der Waals surface area contributed by atoms with Crippen molar-refractivity contribution in [2.45, 2.75) is 12.8 Å². The van der Waals surface area contributed by atoms with Gasteiger partial charge in [-0.25, -0.2) is 4.79 Å². The maximum absolute atomic E-state index is 11.7. The van der Waals surface area contributed by atoms with Crippen molar-refractivity contribution in [3.8, 4) is 0 Å². The zero-order valence-electron chi connectivity index (χ0n) is 9.44. The second kappa shape index (κ2) is 4.43. The molecule has 0 bridgehead atoms. The molecule has 1 saturated carbocycles. The van der Waals surface area contributed by atoms with Crippen LogP contribution in [0, 0.1) is 5.92 Å². The van der Waals surface area contributed by atoms with Gasteiger partial charge in [0.2, 0.25) is 0 Å². The van der Waals surface area contributed by atoms with Crippen LogP contribution in [0.1, 0.15) is 12.8 Å². The Hall–Kier alpha value is -1.71. The van der Waals surface area contributed by atoms with E-state index in [2.05, 4.69) is 5.32 Å². The number of rotatable bonds is 3. The van der Waals surface area contributed by atoms with Crippen LogP contribution >= 0.6 is 0 Å². The number of urea groups is 1. The third kappa shape index (κ3) is 2.89. The number of amides is 2. The molecule has 3 N–H and O–H groups in total. The minimum atomic E-state index is -0.0586. The Morgan fingerprint density at radius 3 is 2.62 bits per heavy atom. The van der Waals surface area contributed by atoms with Gasteiger partial charge in [0, 0.05) is 25.0 Å². The predicted octanol–water partition coefficient (Wildman–Crippen LogP) is 2.14. The van der Waals surface area contributed by atoms with E-state index < -0.39 is 0 Å². The largest absolute Gasteiger partial charge is 0.399 e. The second-order valence-electron chi connectivity index (χ2n) is 4.38. The smallest absolute Gasteiger partial charge is 0.321 e. The van der Waals surface area contributed by atoms with E-state index in [4.69, 9.17) is 5.73 Å². The normalized spacial score (nSPS) is 14.6. The molecule has 1 aromatic carbocycles. The summed E-state index contributed by atoms with van der Waals surface area (Å²) in [6, 6.07) is 7.10. The monoisotopic (exact) mass is 219 g/mol. The number of anilines is 2. The minimum absolute atomic E-state index is 0.0586. The van der Waals surface area contributed by atoms with Gasteiger partial charge in [-0.3, -0.25) is 0 Å². The number of nitrogens with zero attached hydrogens (tertiary/aromatic N) is 1. The van der Waals surface area contributed by atoms with Crippen LogP contribution in [-0.2, 0) is 0 Å². The van der Waals surface area contributed by atoms with Gasteiger partial charge in [-0.1, -0.05) is 0 Å². The molecule has 2 rings (SSSR count). The number of nitrogens with two attached hydrogens (primary N) is 1. The number of hydrogen-bond donors (Lipinski definition) is 2. The number of nitrogen functional groups attached to an aromatic ring is 1. The van der Waals surface area contributed by atoms with Gasteiger partial charge in [-0.2, -0.15) is 0 Å². The molecule has 0 saturated heterocycles. The first-order valence-electron chi connectivity index (χ1n) is 5.53. The summed E-state index contributed by atoms with van der Waals surface area (Å²) in [4.78, 5) is 13.5. The zero-order valence-corrected chi connectivity index (χ0v) is 9.44. The van der Waals surface area contributed by atoms with Crippen LogP contribution in [0.2, 0.25) is 0 Å². The number of benzene rings is 1. The Morgan fingerprint density at radius 1 is 1.44 bits per heavy atom. The van der Waals surface area contributed by atoms with Crippen LogP contribution < -0.4 is 11.1 Å². The first kappa shape index (κ1) is 10.8. The van der Waals surface area contributed by atoms with Gasteiger partial charge in [0.25, 0.3) is 0 Å². The van der Waals surface area contributed by atoms with Crippen LogP contribution in [-0.4, -0.2) is 24.5 Å². The highest BCUT2D eigenvalue weighted by Crippen LogP contribution is 2.29. The average molecular weight is 219 g/mol. The quantitative estimate of drug-likeness (QED) is 0.765. The lowest BCUT2D eigenvalue weighted by molar-refractivity contribution is 0.220. The van der Waals surface area contributed by atoms with E-state index in [-0.39, 0.29) is 6.03 Å². The van der Waals surface area contributed by atoms with Gasteiger partial charge in [-0.15, -0.1) is 0 Å². The second-order valence-corrected chi connectivity index (χ2v) is 4.38. The van der Waals surface area contributed by atoms with E-state index in [9.17, 15) is 4.79 Å². The van der Waals surface area contributed by atoms with E-state index in [0.717, 1.165) is 12.2 Å². The average Bonchev–Trinajstić information content (AvgIpc) is 3.05. The van der Waals surface area contributed by atoms with E-state index in [1.54, 1.807) is 29.2 Å². The molecule has 0 spiro atoms. The highest BCUT2D eigenvalue weighted by atomic mass is 16.2. The molecule has 0 heterocycles. The topological polar surface area (TPSA) is 58.4 Å². The molecule has 16 heavy (non-hydrogen) atoms. The first-order valence-corrected chi connectivity index (χ1v) is 5.53. The Morgan fingerprint density at radius 2 is 2.06 bits per heavy atom. The summed E-state index contributed by atoms with van der Waals surface area (Å²) in [5.74, 6) is 0.710. The molecule has 4 nitrogen and oxygen atoms in total. The fourth-order valence-electron chi connectivity index (χ4n) is 1.56. The molecular formula is C12H17N3O. The SMILES string of the molecule is CN(CC1CC1)C(=O)Nc1ccc(N)cc1. The van der Waals surface area contributed by atoms with Crippen molar-refractivity contribution < 1.29 is 4.79 Å². The van der Waals surface area contributed by atoms with Crippen molar-refractivity contribution in [1.29, 1.82) is 0 Å². The van der Waals surface area contributed by atoms with Crippen molar-refractivity contribution in [1.82, 2.24) is 4.90 Å². The number of carbonyl (C=O) groups excluding carboxylic acids is 1. The summed E-state index contributed by atoms with van der Waals surface area (Å²) in [6.45, 7) is 0.848. The molecule has 0 unspecified atom stereocenters. The van der Waals surface area contributed by atoms with Crippen LogP contribution in [0.5, 0.6) is 0 Å². The fourth-order valence-corrected chi connectivity index (χ4v) is 1.56. The van der Waals surface area contributed by atoms with Crippen LogP contribution in [0.25, 0.3) is 0 Å². The standard InChI is InChI=1S/C12H17N3O/c1-15(8-9-2-3-9)12(16)14-11-6-4-10(13)5-7-11/h4-7,9H,2-3,8,13H2,1H3,(H,14,16). The van der Waals surface area contributed by atoms with Gasteiger partial charge in [0.05, 0.1) is 0 Å². The summed E-state index contributed by atoms with van der Waals surface area (Å²) >= 11 is 0. The lowest BCUT2D eigenvalue weighted by Gasteiger charge is -2.17. The first-order chi connectivity index (χ1) is 7.65. The van der Waals surface area contributed by atoms with Crippen molar-refractivity contribution in [3.05, 3.63) is 24.3 Å². The molecule has 86 valence electrons. The molecule has 2 amide bonds. The van der Waals surface area contributed by atoms with Gasteiger partial charge in [0.15, 0.2) is 0 Å². The molecule has 0 radical (unpaired) electrons. The highest BCUT2D eigenvalue weighted by molar-refractivity contribution is 5.89. The highest BCUT2D eigenvalue weighted by Gasteiger charge is 2.24. The van der Waals surface area contributed by atoms with Gasteiger partial charge in [-0.05, 0) is 43.0 Å². The predicted molar refractivity (Wildman–Crippen MR) is 65.2 cm³/mol. The Balaban J connectivity index is 1.87. The number of nitrogens with one attached hydrogen (secondary N) is 1.